The van der Waals surface area contributed by atoms with Crippen LogP contribution < -0.4 is 5.32 Å². The predicted octanol–water partition coefficient (Wildman–Crippen LogP) is 6.60. The minimum Gasteiger partial charge on any atom is -0.483 e. The van der Waals surface area contributed by atoms with E-state index in [1.807, 2.05) is 12.1 Å². The summed E-state index contributed by atoms with van der Waals surface area (Å²) in [5.74, 6) is 0.504. The number of hydrogen-bond donors (Lipinski definition) is 1. The molecule has 0 amide bonds. The SMILES string of the molecule is C/C=C(\N=C(OC)C1CCCN1)c1ccc(CCc2ccc(CCC)cc2)c(C(F)(F)F)c1. The van der Waals surface area contributed by atoms with E-state index in [9.17, 15) is 13.2 Å². The quantitative estimate of drug-likeness (QED) is 0.357. The van der Waals surface area contributed by atoms with E-state index in [-0.39, 0.29) is 6.04 Å². The molecule has 0 aromatic heterocycles. The molecule has 1 aliphatic heterocycles. The van der Waals surface area contributed by atoms with Gasteiger partial charge >= 0.3 is 6.18 Å². The van der Waals surface area contributed by atoms with Gasteiger partial charge in [-0.2, -0.15) is 13.2 Å². The molecule has 0 bridgehead atoms. The van der Waals surface area contributed by atoms with Gasteiger partial charge in [0.2, 0.25) is 5.90 Å². The summed E-state index contributed by atoms with van der Waals surface area (Å²) in [7, 11) is 1.55. The number of aryl methyl sites for hydroxylation is 3. The van der Waals surface area contributed by atoms with Gasteiger partial charge in [-0.25, -0.2) is 4.99 Å². The van der Waals surface area contributed by atoms with Crippen LogP contribution in [0.2, 0.25) is 0 Å². The molecule has 1 N–H and O–H groups in total. The van der Waals surface area contributed by atoms with Crippen molar-refractivity contribution in [3.05, 3.63) is 76.4 Å². The van der Waals surface area contributed by atoms with Crippen LogP contribution in [0.4, 0.5) is 13.2 Å². The molecule has 1 saturated heterocycles. The van der Waals surface area contributed by atoms with Crippen molar-refractivity contribution in [3.8, 4) is 0 Å². The Labute approximate surface area is 194 Å². The summed E-state index contributed by atoms with van der Waals surface area (Å²) in [4.78, 5) is 4.56. The molecule has 0 spiro atoms. The summed E-state index contributed by atoms with van der Waals surface area (Å²) in [5, 5.41) is 3.31. The Balaban J connectivity index is 1.83. The summed E-state index contributed by atoms with van der Waals surface area (Å²) >= 11 is 0. The largest absolute Gasteiger partial charge is 0.483 e. The van der Waals surface area contributed by atoms with Gasteiger partial charge in [0.15, 0.2) is 0 Å². The number of rotatable bonds is 8. The van der Waals surface area contributed by atoms with Gasteiger partial charge in [-0.05, 0) is 68.3 Å². The molecular formula is C27H33F3N2O. The predicted molar refractivity (Wildman–Crippen MR) is 128 cm³/mol. The van der Waals surface area contributed by atoms with Gasteiger partial charge in [0.1, 0.15) is 0 Å². The second-order valence-electron chi connectivity index (χ2n) is 8.41. The van der Waals surface area contributed by atoms with Crippen molar-refractivity contribution < 1.29 is 17.9 Å². The van der Waals surface area contributed by atoms with Crippen LogP contribution in [-0.2, 0) is 30.2 Å². The first-order chi connectivity index (χ1) is 15.9. The second kappa shape index (κ2) is 11.5. The maximum absolute atomic E-state index is 13.9. The number of ether oxygens (including phenoxy) is 1. The molecule has 1 unspecified atom stereocenters. The van der Waals surface area contributed by atoms with E-state index in [2.05, 4.69) is 29.4 Å². The Bertz CT molecular complexity index is 972. The maximum atomic E-state index is 13.9. The van der Waals surface area contributed by atoms with Crippen molar-refractivity contribution in [2.75, 3.05) is 13.7 Å². The molecule has 2 aromatic rings. The van der Waals surface area contributed by atoms with Crippen molar-refractivity contribution in [1.82, 2.24) is 5.32 Å². The number of methoxy groups -OCH3 is 1. The molecule has 33 heavy (non-hydrogen) atoms. The first-order valence-electron chi connectivity index (χ1n) is 11.7. The highest BCUT2D eigenvalue weighted by molar-refractivity contribution is 5.88. The van der Waals surface area contributed by atoms with Crippen molar-refractivity contribution in [3.63, 3.8) is 0 Å². The molecule has 2 aromatic carbocycles. The van der Waals surface area contributed by atoms with Crippen molar-refractivity contribution in [2.24, 2.45) is 4.99 Å². The topological polar surface area (TPSA) is 33.6 Å². The molecule has 0 saturated carbocycles. The van der Waals surface area contributed by atoms with Gasteiger partial charge in [0, 0.05) is 5.56 Å². The lowest BCUT2D eigenvalue weighted by Gasteiger charge is -2.17. The molecule has 3 rings (SSSR count). The average molecular weight is 459 g/mol. The fourth-order valence-electron chi connectivity index (χ4n) is 4.23. The third kappa shape index (κ3) is 6.70. The van der Waals surface area contributed by atoms with Crippen LogP contribution in [0.15, 0.2) is 53.5 Å². The van der Waals surface area contributed by atoms with Crippen LogP contribution in [0.25, 0.3) is 5.70 Å². The lowest BCUT2D eigenvalue weighted by molar-refractivity contribution is -0.138. The molecule has 1 aliphatic rings. The third-order valence-corrected chi connectivity index (χ3v) is 6.03. The van der Waals surface area contributed by atoms with Crippen LogP contribution in [0.1, 0.15) is 60.9 Å². The molecule has 0 aliphatic carbocycles. The standard InChI is InChI=1S/C27H33F3N2O/c1-4-7-19-9-11-20(12-10-19)13-14-21-15-16-22(18-23(21)27(28,29)30)24(5-2)32-26(33-3)25-8-6-17-31-25/h5,9-12,15-16,18,25,31H,4,6-8,13-14,17H2,1-3H3/b24-5-,32-26?. The van der Waals surface area contributed by atoms with Crippen LogP contribution in [0.3, 0.4) is 0 Å². The van der Waals surface area contributed by atoms with Crippen LogP contribution in [0, 0.1) is 0 Å². The van der Waals surface area contributed by atoms with Gasteiger partial charge < -0.3 is 10.1 Å². The smallest absolute Gasteiger partial charge is 0.416 e. The molecule has 1 heterocycles. The molecule has 0 radical (unpaired) electrons. The minimum absolute atomic E-state index is 0.00461. The third-order valence-electron chi connectivity index (χ3n) is 6.03. The molecule has 6 heteroatoms. The Morgan fingerprint density at radius 2 is 1.79 bits per heavy atom. The second-order valence-corrected chi connectivity index (χ2v) is 8.41. The van der Waals surface area contributed by atoms with E-state index in [4.69, 9.17) is 4.74 Å². The summed E-state index contributed by atoms with van der Waals surface area (Å²) in [6.45, 7) is 4.78. The van der Waals surface area contributed by atoms with Gasteiger partial charge in [-0.15, -0.1) is 0 Å². The maximum Gasteiger partial charge on any atom is 0.416 e. The van der Waals surface area contributed by atoms with E-state index in [0.29, 0.717) is 35.6 Å². The Morgan fingerprint density at radius 1 is 1.09 bits per heavy atom. The lowest BCUT2D eigenvalue weighted by Crippen LogP contribution is -2.32. The summed E-state index contributed by atoms with van der Waals surface area (Å²) < 4.78 is 47.3. The van der Waals surface area contributed by atoms with Crippen LogP contribution >= 0.6 is 0 Å². The highest BCUT2D eigenvalue weighted by Crippen LogP contribution is 2.35. The molecule has 1 atom stereocenters. The Hall–Kier alpha value is -2.60. The van der Waals surface area contributed by atoms with E-state index >= 15 is 0 Å². The summed E-state index contributed by atoms with van der Waals surface area (Å²) in [6, 6.07) is 12.7. The monoisotopic (exact) mass is 458 g/mol. The van der Waals surface area contributed by atoms with Gasteiger partial charge in [0.05, 0.1) is 24.4 Å². The summed E-state index contributed by atoms with van der Waals surface area (Å²) in [6.07, 6.45) is 2.18. The zero-order valence-corrected chi connectivity index (χ0v) is 19.6. The Morgan fingerprint density at radius 3 is 2.33 bits per heavy atom. The highest BCUT2D eigenvalue weighted by Gasteiger charge is 2.33. The minimum atomic E-state index is -4.43. The highest BCUT2D eigenvalue weighted by atomic mass is 19.4. The Kier molecular flexibility index (Phi) is 8.73. The number of nitrogens with zero attached hydrogens (tertiary/aromatic N) is 1. The van der Waals surface area contributed by atoms with E-state index in [1.165, 1.54) is 11.6 Å². The van der Waals surface area contributed by atoms with Crippen LogP contribution in [0.5, 0.6) is 0 Å². The average Bonchev–Trinajstić information content (AvgIpc) is 3.34. The van der Waals surface area contributed by atoms with Crippen molar-refractivity contribution in [2.45, 2.75) is 64.6 Å². The number of alkyl halides is 3. The zero-order valence-electron chi connectivity index (χ0n) is 19.6. The number of benzene rings is 2. The number of aliphatic imine (C=N–C) groups is 1. The van der Waals surface area contributed by atoms with E-state index in [1.54, 1.807) is 32.2 Å². The van der Waals surface area contributed by atoms with Gasteiger partial charge in [0.25, 0.3) is 0 Å². The first kappa shape index (κ1) is 25.0. The van der Waals surface area contributed by atoms with E-state index < -0.39 is 11.7 Å². The molecule has 3 nitrogen and oxygen atoms in total. The molecule has 1 fully saturated rings. The number of hydrogen-bond acceptors (Lipinski definition) is 3. The number of nitrogens with one attached hydrogen (secondary N) is 1. The number of halogens is 3. The normalized spacial score (nSPS) is 17.5. The van der Waals surface area contributed by atoms with Crippen molar-refractivity contribution >= 4 is 11.6 Å². The number of allylic oxidation sites excluding steroid dienone is 1. The van der Waals surface area contributed by atoms with Gasteiger partial charge in [-0.3, -0.25) is 0 Å². The fraction of sp³-hybridized carbons (Fsp3) is 0.444. The molecular weight excluding hydrogens is 425 g/mol. The first-order valence-corrected chi connectivity index (χ1v) is 11.7. The van der Waals surface area contributed by atoms with Crippen LogP contribution in [-0.4, -0.2) is 25.6 Å². The summed E-state index contributed by atoms with van der Waals surface area (Å²) in [5.41, 5.74) is 2.90. The lowest BCUT2D eigenvalue weighted by atomic mass is 9.96. The van der Waals surface area contributed by atoms with Crippen molar-refractivity contribution in [1.29, 1.82) is 0 Å². The fourth-order valence-corrected chi connectivity index (χ4v) is 4.23. The molecule has 178 valence electrons. The van der Waals surface area contributed by atoms with E-state index in [0.717, 1.165) is 37.8 Å². The zero-order chi connectivity index (χ0) is 23.8. The van der Waals surface area contributed by atoms with Gasteiger partial charge in [-0.1, -0.05) is 55.8 Å².